The van der Waals surface area contributed by atoms with Gasteiger partial charge in [0.2, 0.25) is 0 Å². The molecule has 3 aromatic rings. The van der Waals surface area contributed by atoms with Gasteiger partial charge in [-0.2, -0.15) is 0 Å². The van der Waals surface area contributed by atoms with Gasteiger partial charge in [0.15, 0.2) is 0 Å². The summed E-state index contributed by atoms with van der Waals surface area (Å²) in [6, 6.07) is 12.4. The molecule has 0 atom stereocenters. The predicted molar refractivity (Wildman–Crippen MR) is 82.3 cm³/mol. The van der Waals surface area contributed by atoms with Crippen molar-refractivity contribution in [1.82, 2.24) is 9.55 Å². The predicted octanol–water partition coefficient (Wildman–Crippen LogP) is 4.28. The van der Waals surface area contributed by atoms with Crippen LogP contribution in [-0.4, -0.2) is 9.55 Å². The average molecular weight is 302 g/mol. The summed E-state index contributed by atoms with van der Waals surface area (Å²) < 4.78 is 14.9. The van der Waals surface area contributed by atoms with Crippen molar-refractivity contribution in [3.05, 3.63) is 77.6 Å². The second-order valence-corrected chi connectivity index (χ2v) is 5.02. The Kier molecular flexibility index (Phi) is 3.88. The Hall–Kier alpha value is -2.33. The highest BCUT2D eigenvalue weighted by Crippen LogP contribution is 2.20. The Morgan fingerprint density at radius 2 is 2.10 bits per heavy atom. The molecule has 106 valence electrons. The van der Waals surface area contributed by atoms with Crippen LogP contribution in [0.25, 0.3) is 5.69 Å². The van der Waals surface area contributed by atoms with Gasteiger partial charge in [-0.15, -0.1) is 0 Å². The molecule has 0 fully saturated rings. The zero-order valence-electron chi connectivity index (χ0n) is 11.1. The maximum Gasteiger partial charge on any atom is 0.124 e. The zero-order chi connectivity index (χ0) is 14.7. The van der Waals surface area contributed by atoms with Gasteiger partial charge in [0.05, 0.1) is 6.33 Å². The highest BCUT2D eigenvalue weighted by Gasteiger charge is 2.03. The van der Waals surface area contributed by atoms with Crippen LogP contribution in [-0.2, 0) is 6.54 Å². The minimum absolute atomic E-state index is 0.328. The van der Waals surface area contributed by atoms with E-state index in [9.17, 15) is 4.39 Å². The first-order valence-electron chi connectivity index (χ1n) is 6.48. The standard InChI is InChI=1S/C16H13ClFN3/c17-16-8-13(18)5-4-12(16)10-20-14-2-1-3-15(9-14)21-7-6-19-11-21/h1-9,11,20H,10H2. The van der Waals surface area contributed by atoms with Crippen LogP contribution in [0.3, 0.4) is 0 Å². The summed E-state index contributed by atoms with van der Waals surface area (Å²) in [5.41, 5.74) is 2.83. The molecule has 0 spiro atoms. The summed E-state index contributed by atoms with van der Waals surface area (Å²) in [5.74, 6) is -0.328. The smallest absolute Gasteiger partial charge is 0.124 e. The van der Waals surface area contributed by atoms with Crippen molar-refractivity contribution in [2.24, 2.45) is 0 Å². The molecule has 3 nitrogen and oxygen atoms in total. The van der Waals surface area contributed by atoms with Crippen molar-refractivity contribution in [3.8, 4) is 5.69 Å². The third-order valence-electron chi connectivity index (χ3n) is 3.15. The van der Waals surface area contributed by atoms with Crippen LogP contribution in [0.1, 0.15) is 5.56 Å². The van der Waals surface area contributed by atoms with Gasteiger partial charge in [0.25, 0.3) is 0 Å². The van der Waals surface area contributed by atoms with E-state index in [0.29, 0.717) is 11.6 Å². The van der Waals surface area contributed by atoms with Crippen molar-refractivity contribution in [2.75, 3.05) is 5.32 Å². The van der Waals surface area contributed by atoms with Crippen molar-refractivity contribution in [3.63, 3.8) is 0 Å². The molecule has 0 unspecified atom stereocenters. The average Bonchev–Trinajstić information content (AvgIpc) is 3.01. The number of hydrogen-bond donors (Lipinski definition) is 1. The SMILES string of the molecule is Fc1ccc(CNc2cccc(-n3ccnc3)c2)c(Cl)c1. The van der Waals surface area contributed by atoms with E-state index in [0.717, 1.165) is 16.9 Å². The third-order valence-corrected chi connectivity index (χ3v) is 3.50. The van der Waals surface area contributed by atoms with Crippen LogP contribution in [0.15, 0.2) is 61.2 Å². The van der Waals surface area contributed by atoms with Crippen LogP contribution < -0.4 is 5.32 Å². The minimum atomic E-state index is -0.328. The molecule has 0 aliphatic heterocycles. The highest BCUT2D eigenvalue weighted by atomic mass is 35.5. The second-order valence-electron chi connectivity index (χ2n) is 4.61. The number of aromatic nitrogens is 2. The fourth-order valence-electron chi connectivity index (χ4n) is 2.05. The molecule has 5 heteroatoms. The minimum Gasteiger partial charge on any atom is -0.381 e. The molecule has 1 N–H and O–H groups in total. The lowest BCUT2D eigenvalue weighted by Gasteiger charge is -2.10. The van der Waals surface area contributed by atoms with E-state index in [2.05, 4.69) is 10.3 Å². The first kappa shape index (κ1) is 13.6. The van der Waals surface area contributed by atoms with Crippen molar-refractivity contribution < 1.29 is 4.39 Å². The van der Waals surface area contributed by atoms with Crippen LogP contribution in [0, 0.1) is 5.82 Å². The number of anilines is 1. The van der Waals surface area contributed by atoms with E-state index in [4.69, 9.17) is 11.6 Å². The molecule has 0 bridgehead atoms. The van der Waals surface area contributed by atoms with E-state index in [1.165, 1.54) is 12.1 Å². The molecule has 0 amide bonds. The topological polar surface area (TPSA) is 29.9 Å². The van der Waals surface area contributed by atoms with Crippen LogP contribution in [0.2, 0.25) is 5.02 Å². The first-order valence-corrected chi connectivity index (χ1v) is 6.86. The summed E-state index contributed by atoms with van der Waals surface area (Å²) in [4.78, 5) is 4.03. The Balaban J connectivity index is 1.75. The first-order chi connectivity index (χ1) is 10.2. The molecule has 2 aromatic carbocycles. The number of imidazole rings is 1. The monoisotopic (exact) mass is 301 g/mol. The number of nitrogens with zero attached hydrogens (tertiary/aromatic N) is 2. The van der Waals surface area contributed by atoms with E-state index in [1.54, 1.807) is 18.6 Å². The van der Waals surface area contributed by atoms with E-state index >= 15 is 0 Å². The van der Waals surface area contributed by atoms with Crippen molar-refractivity contribution >= 4 is 17.3 Å². The van der Waals surface area contributed by atoms with E-state index in [-0.39, 0.29) is 5.82 Å². The highest BCUT2D eigenvalue weighted by molar-refractivity contribution is 6.31. The molecule has 0 saturated heterocycles. The van der Waals surface area contributed by atoms with E-state index < -0.39 is 0 Å². The van der Waals surface area contributed by atoms with Crippen LogP contribution in [0.4, 0.5) is 10.1 Å². The summed E-state index contributed by atoms with van der Waals surface area (Å²) in [6.07, 6.45) is 5.37. The second kappa shape index (κ2) is 5.97. The summed E-state index contributed by atoms with van der Waals surface area (Å²) in [6.45, 7) is 0.534. The quantitative estimate of drug-likeness (QED) is 0.779. The third kappa shape index (κ3) is 3.23. The molecular weight excluding hydrogens is 289 g/mol. The maximum atomic E-state index is 13.0. The number of halogens is 2. The lowest BCUT2D eigenvalue weighted by atomic mass is 10.2. The molecule has 1 aromatic heterocycles. The van der Waals surface area contributed by atoms with Crippen LogP contribution >= 0.6 is 11.6 Å². The number of benzene rings is 2. The maximum absolute atomic E-state index is 13.0. The summed E-state index contributed by atoms with van der Waals surface area (Å²) in [7, 11) is 0. The molecule has 0 saturated carbocycles. The van der Waals surface area contributed by atoms with Gasteiger partial charge in [0, 0.05) is 35.3 Å². The Morgan fingerprint density at radius 3 is 2.86 bits per heavy atom. The molecule has 1 heterocycles. The fraction of sp³-hybridized carbons (Fsp3) is 0.0625. The molecule has 3 rings (SSSR count). The Bertz CT molecular complexity index is 741. The molecule has 0 aliphatic carbocycles. The number of nitrogens with one attached hydrogen (secondary N) is 1. The lowest BCUT2D eigenvalue weighted by molar-refractivity contribution is 0.627. The molecule has 21 heavy (non-hydrogen) atoms. The van der Waals surface area contributed by atoms with Gasteiger partial charge in [-0.25, -0.2) is 9.37 Å². The Labute approximate surface area is 127 Å². The Morgan fingerprint density at radius 1 is 1.19 bits per heavy atom. The zero-order valence-corrected chi connectivity index (χ0v) is 11.9. The van der Waals surface area contributed by atoms with Gasteiger partial charge >= 0.3 is 0 Å². The molecular formula is C16H13ClFN3. The van der Waals surface area contributed by atoms with Gasteiger partial charge in [-0.1, -0.05) is 23.7 Å². The number of rotatable bonds is 4. The molecule has 0 radical (unpaired) electrons. The lowest BCUT2D eigenvalue weighted by Crippen LogP contribution is -2.01. The van der Waals surface area contributed by atoms with Gasteiger partial charge in [-0.05, 0) is 35.9 Å². The van der Waals surface area contributed by atoms with Gasteiger partial charge < -0.3 is 9.88 Å². The van der Waals surface area contributed by atoms with E-state index in [1.807, 2.05) is 35.0 Å². The van der Waals surface area contributed by atoms with Crippen LogP contribution in [0.5, 0.6) is 0 Å². The number of hydrogen-bond acceptors (Lipinski definition) is 2. The van der Waals surface area contributed by atoms with Crippen molar-refractivity contribution in [2.45, 2.75) is 6.54 Å². The summed E-state index contributed by atoms with van der Waals surface area (Å²) in [5, 5.41) is 3.71. The largest absolute Gasteiger partial charge is 0.381 e. The normalized spacial score (nSPS) is 10.6. The van der Waals surface area contributed by atoms with Gasteiger partial charge in [-0.3, -0.25) is 0 Å². The molecule has 0 aliphatic rings. The van der Waals surface area contributed by atoms with Gasteiger partial charge in [0.1, 0.15) is 5.82 Å². The fourth-order valence-corrected chi connectivity index (χ4v) is 2.28. The summed E-state index contributed by atoms with van der Waals surface area (Å²) >= 11 is 6.02. The van der Waals surface area contributed by atoms with Crippen molar-refractivity contribution in [1.29, 1.82) is 0 Å².